The Morgan fingerprint density at radius 1 is 1.13 bits per heavy atom. The van der Waals surface area contributed by atoms with Crippen LogP contribution >= 0.6 is 23.2 Å². The summed E-state index contributed by atoms with van der Waals surface area (Å²) in [6, 6.07) is 4.51. The van der Waals surface area contributed by atoms with Gasteiger partial charge in [-0.3, -0.25) is 10.1 Å². The fourth-order valence-corrected chi connectivity index (χ4v) is 1.84. The summed E-state index contributed by atoms with van der Waals surface area (Å²) in [6.45, 7) is 2.73. The molecule has 0 heterocycles. The van der Waals surface area contributed by atoms with E-state index >= 15 is 0 Å². The van der Waals surface area contributed by atoms with Gasteiger partial charge in [0.15, 0.2) is 12.2 Å². The number of rotatable bonds is 5. The van der Waals surface area contributed by atoms with Gasteiger partial charge in [0.2, 0.25) is 0 Å². The first-order valence-electron chi connectivity index (χ1n) is 6.45. The van der Waals surface area contributed by atoms with Gasteiger partial charge in [-0.05, 0) is 32.0 Å². The van der Waals surface area contributed by atoms with Crippen LogP contribution in [0.3, 0.4) is 0 Å². The first kappa shape index (κ1) is 19.1. The molecule has 0 aliphatic rings. The minimum Gasteiger partial charge on any atom is -0.477 e. The topological polar surface area (TPSA) is 90.9 Å². The molecule has 0 aromatic heterocycles. The van der Waals surface area contributed by atoms with Gasteiger partial charge < -0.3 is 14.2 Å². The minimum atomic E-state index is -1.20. The van der Waals surface area contributed by atoms with E-state index < -0.39 is 30.2 Å². The van der Waals surface area contributed by atoms with E-state index in [0.29, 0.717) is 5.02 Å². The van der Waals surface area contributed by atoms with Crippen molar-refractivity contribution in [3.63, 3.8) is 0 Å². The monoisotopic (exact) mass is 363 g/mol. The predicted octanol–water partition coefficient (Wildman–Crippen LogP) is 2.58. The number of hydrogen-bond acceptors (Lipinski definition) is 6. The van der Waals surface area contributed by atoms with E-state index in [1.165, 1.54) is 26.0 Å². The van der Waals surface area contributed by atoms with E-state index in [4.69, 9.17) is 32.7 Å². The standard InChI is InChI=1S/C14H15Cl2NO6/c1-7(12(18)17-14(20)21-3)23-13(19)8(2)22-11-5-4-9(15)6-10(11)16/h4-8H,1-3H3,(H,17,18,20)/t7-,8+/m1/s1. The molecule has 9 heteroatoms. The molecule has 2 amide bonds. The molecule has 0 saturated carbocycles. The highest BCUT2D eigenvalue weighted by atomic mass is 35.5. The largest absolute Gasteiger partial charge is 0.477 e. The summed E-state index contributed by atoms with van der Waals surface area (Å²) >= 11 is 11.7. The maximum Gasteiger partial charge on any atom is 0.413 e. The Morgan fingerprint density at radius 2 is 1.78 bits per heavy atom. The van der Waals surface area contributed by atoms with E-state index in [0.717, 1.165) is 7.11 Å². The van der Waals surface area contributed by atoms with Gasteiger partial charge in [-0.1, -0.05) is 23.2 Å². The number of alkyl carbamates (subject to hydrolysis) is 1. The predicted molar refractivity (Wildman–Crippen MR) is 82.7 cm³/mol. The van der Waals surface area contributed by atoms with E-state index in [9.17, 15) is 14.4 Å². The van der Waals surface area contributed by atoms with Crippen molar-refractivity contribution in [1.29, 1.82) is 0 Å². The normalized spacial score (nSPS) is 12.7. The Labute approximate surface area is 142 Å². The molecule has 0 aliphatic carbocycles. The summed E-state index contributed by atoms with van der Waals surface area (Å²) in [6.07, 6.45) is -3.18. The fraction of sp³-hybridized carbons (Fsp3) is 0.357. The van der Waals surface area contributed by atoms with Crippen LogP contribution in [0.1, 0.15) is 13.8 Å². The van der Waals surface area contributed by atoms with Crippen molar-refractivity contribution >= 4 is 41.2 Å². The highest BCUT2D eigenvalue weighted by molar-refractivity contribution is 6.35. The molecule has 126 valence electrons. The van der Waals surface area contributed by atoms with Crippen molar-refractivity contribution in [1.82, 2.24) is 5.32 Å². The number of carbonyl (C=O) groups is 3. The SMILES string of the molecule is COC(=O)NC(=O)[C@@H](C)OC(=O)[C@H](C)Oc1ccc(Cl)cc1Cl. The molecule has 1 rings (SSSR count). The molecule has 0 aliphatic heterocycles. The summed E-state index contributed by atoms with van der Waals surface area (Å²) < 4.78 is 14.5. The molecule has 0 radical (unpaired) electrons. The third kappa shape index (κ3) is 5.96. The van der Waals surface area contributed by atoms with E-state index in [1.54, 1.807) is 6.07 Å². The Morgan fingerprint density at radius 3 is 2.35 bits per heavy atom. The van der Waals surface area contributed by atoms with Gasteiger partial charge in [0.25, 0.3) is 5.91 Å². The van der Waals surface area contributed by atoms with Crippen LogP contribution in [-0.4, -0.2) is 37.3 Å². The number of ether oxygens (including phenoxy) is 3. The summed E-state index contributed by atoms with van der Waals surface area (Å²) in [5.74, 6) is -1.38. The van der Waals surface area contributed by atoms with Gasteiger partial charge in [-0.15, -0.1) is 0 Å². The highest BCUT2D eigenvalue weighted by Crippen LogP contribution is 2.28. The molecule has 0 bridgehead atoms. The van der Waals surface area contributed by atoms with Crippen LogP contribution in [0.2, 0.25) is 10.0 Å². The lowest BCUT2D eigenvalue weighted by atomic mass is 10.3. The second-order valence-corrected chi connectivity index (χ2v) is 5.24. The molecule has 0 spiro atoms. The molecule has 2 atom stereocenters. The van der Waals surface area contributed by atoms with E-state index in [2.05, 4.69) is 4.74 Å². The summed E-state index contributed by atoms with van der Waals surface area (Å²) in [4.78, 5) is 34.3. The maximum atomic E-state index is 11.9. The van der Waals surface area contributed by atoms with Crippen LogP contribution in [0.4, 0.5) is 4.79 Å². The van der Waals surface area contributed by atoms with Crippen molar-refractivity contribution in [2.45, 2.75) is 26.1 Å². The Balaban J connectivity index is 2.59. The van der Waals surface area contributed by atoms with Crippen LogP contribution in [0.25, 0.3) is 0 Å². The van der Waals surface area contributed by atoms with Crippen molar-refractivity contribution in [2.24, 2.45) is 0 Å². The molecule has 7 nitrogen and oxygen atoms in total. The number of carbonyl (C=O) groups excluding carboxylic acids is 3. The number of halogens is 2. The first-order chi connectivity index (χ1) is 10.7. The average Bonchev–Trinajstić information content (AvgIpc) is 2.49. The average molecular weight is 364 g/mol. The first-order valence-corrected chi connectivity index (χ1v) is 7.21. The smallest absolute Gasteiger partial charge is 0.413 e. The Kier molecular flexibility index (Phi) is 7.12. The van der Waals surface area contributed by atoms with E-state index in [1.807, 2.05) is 5.32 Å². The van der Waals surface area contributed by atoms with Crippen molar-refractivity contribution in [2.75, 3.05) is 7.11 Å². The number of benzene rings is 1. The Bertz CT molecular complexity index is 607. The van der Waals surface area contributed by atoms with Crippen molar-refractivity contribution < 1.29 is 28.6 Å². The molecule has 23 heavy (non-hydrogen) atoms. The summed E-state index contributed by atoms with van der Waals surface area (Å²) in [5.41, 5.74) is 0. The number of nitrogens with one attached hydrogen (secondary N) is 1. The molecule has 0 saturated heterocycles. The molecular weight excluding hydrogens is 349 g/mol. The molecular formula is C14H15Cl2NO6. The van der Waals surface area contributed by atoms with E-state index in [-0.39, 0.29) is 10.8 Å². The number of amides is 2. The number of imide groups is 1. The highest BCUT2D eigenvalue weighted by Gasteiger charge is 2.25. The molecule has 0 fully saturated rings. The molecule has 1 N–H and O–H groups in total. The minimum absolute atomic E-state index is 0.230. The van der Waals surface area contributed by atoms with Gasteiger partial charge in [-0.2, -0.15) is 0 Å². The quantitative estimate of drug-likeness (QED) is 0.808. The van der Waals surface area contributed by atoms with Crippen LogP contribution in [0.5, 0.6) is 5.75 Å². The zero-order valence-electron chi connectivity index (χ0n) is 12.6. The van der Waals surface area contributed by atoms with Gasteiger partial charge >= 0.3 is 12.1 Å². The fourth-order valence-electron chi connectivity index (χ4n) is 1.39. The molecule has 1 aromatic carbocycles. The van der Waals surface area contributed by atoms with Crippen LogP contribution in [0, 0.1) is 0 Å². The van der Waals surface area contributed by atoms with Gasteiger partial charge in [-0.25, -0.2) is 9.59 Å². The lowest BCUT2D eigenvalue weighted by Gasteiger charge is -2.17. The number of hydrogen-bond donors (Lipinski definition) is 1. The van der Waals surface area contributed by atoms with Crippen LogP contribution < -0.4 is 10.1 Å². The van der Waals surface area contributed by atoms with Gasteiger partial charge in [0.1, 0.15) is 5.75 Å². The lowest BCUT2D eigenvalue weighted by Crippen LogP contribution is -2.41. The van der Waals surface area contributed by atoms with Crippen LogP contribution in [0.15, 0.2) is 18.2 Å². The molecule has 1 aromatic rings. The third-order valence-corrected chi connectivity index (χ3v) is 3.13. The summed E-state index contributed by atoms with van der Waals surface area (Å²) in [5, 5.41) is 2.54. The zero-order valence-corrected chi connectivity index (χ0v) is 14.1. The van der Waals surface area contributed by atoms with Gasteiger partial charge in [0.05, 0.1) is 12.1 Å². The summed E-state index contributed by atoms with van der Waals surface area (Å²) in [7, 11) is 1.10. The van der Waals surface area contributed by atoms with Crippen molar-refractivity contribution in [3.8, 4) is 5.75 Å². The zero-order chi connectivity index (χ0) is 17.6. The number of methoxy groups -OCH3 is 1. The third-order valence-electron chi connectivity index (χ3n) is 2.60. The Hall–Kier alpha value is -1.99. The van der Waals surface area contributed by atoms with Crippen LogP contribution in [-0.2, 0) is 19.1 Å². The van der Waals surface area contributed by atoms with Crippen molar-refractivity contribution in [3.05, 3.63) is 28.2 Å². The second kappa shape index (κ2) is 8.59. The lowest BCUT2D eigenvalue weighted by molar-refractivity contribution is -0.160. The van der Waals surface area contributed by atoms with Gasteiger partial charge in [0, 0.05) is 5.02 Å². The molecule has 0 unspecified atom stereocenters. The maximum absolute atomic E-state index is 11.9. The number of esters is 1. The second-order valence-electron chi connectivity index (χ2n) is 4.39.